The summed E-state index contributed by atoms with van der Waals surface area (Å²) in [6.45, 7) is 5.66. The Hall–Kier alpha value is -2.17. The van der Waals surface area contributed by atoms with E-state index in [1.165, 1.54) is 6.92 Å². The molecular weight excluding hydrogens is 256 g/mol. The van der Waals surface area contributed by atoms with Crippen molar-refractivity contribution >= 4 is 5.78 Å². The number of ketones is 1. The average molecular weight is 274 g/mol. The smallest absolute Gasteiger partial charge is 0.237 e. The summed E-state index contributed by atoms with van der Waals surface area (Å²) in [6.07, 6.45) is 0. The Balaban J connectivity index is 2.03. The van der Waals surface area contributed by atoms with Gasteiger partial charge >= 0.3 is 0 Å². The molecule has 2 rings (SSSR count). The third-order valence-electron chi connectivity index (χ3n) is 2.97. The molecular formula is C15H18N2O3. The maximum atomic E-state index is 11.6. The Morgan fingerprint density at radius 2 is 2.00 bits per heavy atom. The van der Waals surface area contributed by atoms with E-state index < -0.39 is 0 Å². The Labute approximate surface area is 118 Å². The minimum atomic E-state index is -0.354. The fourth-order valence-corrected chi connectivity index (χ4v) is 2.05. The lowest BCUT2D eigenvalue weighted by atomic mass is 9.92. The number of nitrogens with zero attached hydrogens (tertiary/aromatic N) is 2. The zero-order valence-electron chi connectivity index (χ0n) is 11.9. The van der Waals surface area contributed by atoms with Crippen LogP contribution in [0.2, 0.25) is 0 Å². The third-order valence-corrected chi connectivity index (χ3v) is 2.97. The normalized spacial score (nSPS) is 12.4. The predicted octanol–water partition coefficient (Wildman–Crippen LogP) is 2.98. The molecule has 0 radical (unpaired) electrons. The number of benzene rings is 1. The van der Waals surface area contributed by atoms with Crippen molar-refractivity contribution in [1.29, 1.82) is 0 Å². The molecule has 0 saturated heterocycles. The first kappa shape index (κ1) is 14.2. The van der Waals surface area contributed by atoms with Crippen LogP contribution in [0.25, 0.3) is 0 Å². The van der Waals surface area contributed by atoms with Crippen LogP contribution in [-0.2, 0) is 11.4 Å². The van der Waals surface area contributed by atoms with Gasteiger partial charge in [0.25, 0.3) is 0 Å². The van der Waals surface area contributed by atoms with Gasteiger partial charge in [-0.2, -0.15) is 4.98 Å². The molecule has 106 valence electrons. The van der Waals surface area contributed by atoms with Crippen molar-refractivity contribution in [2.45, 2.75) is 33.3 Å². The van der Waals surface area contributed by atoms with E-state index in [2.05, 4.69) is 10.1 Å². The van der Waals surface area contributed by atoms with Gasteiger partial charge in [0.15, 0.2) is 6.61 Å². The molecule has 0 N–H and O–H groups in total. The molecule has 0 fully saturated rings. The minimum Gasteiger partial charge on any atom is -0.485 e. The quantitative estimate of drug-likeness (QED) is 0.810. The van der Waals surface area contributed by atoms with Crippen LogP contribution in [0, 0.1) is 5.92 Å². The third kappa shape index (κ3) is 3.44. The van der Waals surface area contributed by atoms with Crippen molar-refractivity contribution in [2.24, 2.45) is 5.92 Å². The first-order chi connectivity index (χ1) is 9.58. The summed E-state index contributed by atoms with van der Waals surface area (Å²) >= 11 is 0. The van der Waals surface area contributed by atoms with E-state index in [0.717, 1.165) is 5.75 Å². The van der Waals surface area contributed by atoms with Gasteiger partial charge in [0, 0.05) is 0 Å². The molecule has 1 unspecified atom stereocenters. The summed E-state index contributed by atoms with van der Waals surface area (Å²) in [6, 6.07) is 9.41. The maximum Gasteiger partial charge on any atom is 0.237 e. The summed E-state index contributed by atoms with van der Waals surface area (Å²) < 4.78 is 10.7. The summed E-state index contributed by atoms with van der Waals surface area (Å²) in [4.78, 5) is 15.9. The predicted molar refractivity (Wildman–Crippen MR) is 73.3 cm³/mol. The zero-order valence-corrected chi connectivity index (χ0v) is 11.9. The molecule has 5 heteroatoms. The molecule has 1 heterocycles. The largest absolute Gasteiger partial charge is 0.485 e. The fourth-order valence-electron chi connectivity index (χ4n) is 2.05. The van der Waals surface area contributed by atoms with E-state index in [1.54, 1.807) is 0 Å². The molecule has 0 amide bonds. The van der Waals surface area contributed by atoms with Gasteiger partial charge in [-0.25, -0.2) is 0 Å². The number of hydrogen-bond acceptors (Lipinski definition) is 5. The number of carbonyl (C=O) groups is 1. The summed E-state index contributed by atoms with van der Waals surface area (Å²) in [5.74, 6) is 1.34. The van der Waals surface area contributed by atoms with E-state index in [9.17, 15) is 4.79 Å². The first-order valence-corrected chi connectivity index (χ1v) is 6.58. The number of Topliss-reactive ketones (excluding diaryl/α,β-unsaturated/α-hetero) is 1. The van der Waals surface area contributed by atoms with Crippen LogP contribution in [-0.4, -0.2) is 15.9 Å². The molecule has 20 heavy (non-hydrogen) atoms. The van der Waals surface area contributed by atoms with Crippen molar-refractivity contribution in [1.82, 2.24) is 10.1 Å². The molecule has 0 saturated carbocycles. The topological polar surface area (TPSA) is 65.2 Å². The average Bonchev–Trinajstić information content (AvgIpc) is 2.85. The monoisotopic (exact) mass is 274 g/mol. The molecule has 2 aromatic rings. The number of carbonyl (C=O) groups excluding carboxylic acids is 1. The van der Waals surface area contributed by atoms with Gasteiger partial charge in [-0.15, -0.1) is 0 Å². The van der Waals surface area contributed by atoms with Crippen molar-refractivity contribution < 1.29 is 14.1 Å². The Kier molecular flexibility index (Phi) is 4.50. The molecule has 0 aliphatic rings. The SMILES string of the molecule is CC(=O)C(c1nc(COc2ccccc2)no1)C(C)C. The van der Waals surface area contributed by atoms with Crippen molar-refractivity contribution in [3.8, 4) is 5.75 Å². The molecule has 1 aromatic carbocycles. The van der Waals surface area contributed by atoms with E-state index in [4.69, 9.17) is 9.26 Å². The van der Waals surface area contributed by atoms with Gasteiger partial charge in [-0.05, 0) is 25.0 Å². The zero-order chi connectivity index (χ0) is 14.5. The summed E-state index contributed by atoms with van der Waals surface area (Å²) in [5, 5.41) is 3.85. The second-order valence-corrected chi connectivity index (χ2v) is 4.98. The van der Waals surface area contributed by atoms with E-state index in [-0.39, 0.29) is 24.2 Å². The van der Waals surface area contributed by atoms with Gasteiger partial charge in [0.05, 0.1) is 5.92 Å². The number of para-hydroxylation sites is 1. The molecule has 5 nitrogen and oxygen atoms in total. The van der Waals surface area contributed by atoms with Gasteiger partial charge in [0.1, 0.15) is 11.5 Å². The van der Waals surface area contributed by atoms with Crippen LogP contribution in [0.3, 0.4) is 0 Å². The maximum absolute atomic E-state index is 11.6. The van der Waals surface area contributed by atoms with Gasteiger partial charge in [0.2, 0.25) is 11.7 Å². The first-order valence-electron chi connectivity index (χ1n) is 6.58. The second-order valence-electron chi connectivity index (χ2n) is 4.98. The summed E-state index contributed by atoms with van der Waals surface area (Å²) in [5.41, 5.74) is 0. The van der Waals surface area contributed by atoms with Gasteiger partial charge < -0.3 is 9.26 Å². The highest BCUT2D eigenvalue weighted by Crippen LogP contribution is 2.24. The lowest BCUT2D eigenvalue weighted by Crippen LogP contribution is -2.15. The molecule has 0 spiro atoms. The number of aromatic nitrogens is 2. The molecule has 0 bridgehead atoms. The summed E-state index contributed by atoms with van der Waals surface area (Å²) in [7, 11) is 0. The fraction of sp³-hybridized carbons (Fsp3) is 0.400. The molecule has 0 aliphatic carbocycles. The van der Waals surface area contributed by atoms with Crippen LogP contribution in [0.5, 0.6) is 5.75 Å². The van der Waals surface area contributed by atoms with Crippen LogP contribution in [0.15, 0.2) is 34.9 Å². The van der Waals surface area contributed by atoms with Crippen LogP contribution < -0.4 is 4.74 Å². The number of rotatable bonds is 6. The van der Waals surface area contributed by atoms with E-state index in [1.807, 2.05) is 44.2 Å². The van der Waals surface area contributed by atoms with Crippen LogP contribution >= 0.6 is 0 Å². The second kappa shape index (κ2) is 6.32. The molecule has 1 aromatic heterocycles. The standard InChI is InChI=1S/C15H18N2O3/c1-10(2)14(11(3)18)15-16-13(17-20-15)9-19-12-7-5-4-6-8-12/h4-8,10,14H,9H2,1-3H3. The van der Waals surface area contributed by atoms with E-state index >= 15 is 0 Å². The molecule has 1 atom stereocenters. The van der Waals surface area contributed by atoms with Gasteiger partial charge in [-0.3, -0.25) is 4.79 Å². The number of ether oxygens (including phenoxy) is 1. The Bertz CT molecular complexity index is 564. The molecule has 0 aliphatic heterocycles. The lowest BCUT2D eigenvalue weighted by Gasteiger charge is -2.12. The highest BCUT2D eigenvalue weighted by molar-refractivity contribution is 5.82. The number of hydrogen-bond donors (Lipinski definition) is 0. The van der Waals surface area contributed by atoms with E-state index in [0.29, 0.717) is 11.7 Å². The minimum absolute atomic E-state index is 0.0270. The van der Waals surface area contributed by atoms with Gasteiger partial charge in [-0.1, -0.05) is 37.2 Å². The lowest BCUT2D eigenvalue weighted by molar-refractivity contribution is -0.119. The van der Waals surface area contributed by atoms with Crippen LogP contribution in [0.4, 0.5) is 0 Å². The van der Waals surface area contributed by atoms with Crippen molar-refractivity contribution in [2.75, 3.05) is 0 Å². The Morgan fingerprint density at radius 3 is 2.60 bits per heavy atom. The van der Waals surface area contributed by atoms with Crippen molar-refractivity contribution in [3.05, 3.63) is 42.0 Å². The highest BCUT2D eigenvalue weighted by Gasteiger charge is 2.26. The van der Waals surface area contributed by atoms with Crippen LogP contribution in [0.1, 0.15) is 38.4 Å². The highest BCUT2D eigenvalue weighted by atomic mass is 16.5. The Morgan fingerprint density at radius 1 is 1.30 bits per heavy atom. The van der Waals surface area contributed by atoms with Crippen molar-refractivity contribution in [3.63, 3.8) is 0 Å².